The fourth-order valence-electron chi connectivity index (χ4n) is 1.95. The van der Waals surface area contributed by atoms with Crippen LogP contribution in [0.3, 0.4) is 0 Å². The molecule has 0 saturated carbocycles. The SMILES string of the molecule is O=S(=O)(CC1CCCN1)Nc1ccc(Br)cc1Cl. The second kappa shape index (κ2) is 5.77. The molecular weight excluding hydrogens is 340 g/mol. The summed E-state index contributed by atoms with van der Waals surface area (Å²) in [5.74, 6) is 0.0827. The fraction of sp³-hybridized carbons (Fsp3) is 0.455. The van der Waals surface area contributed by atoms with Crippen molar-refractivity contribution in [2.24, 2.45) is 0 Å². The van der Waals surface area contributed by atoms with Crippen molar-refractivity contribution < 1.29 is 8.42 Å². The van der Waals surface area contributed by atoms with Crippen LogP contribution in [0.15, 0.2) is 22.7 Å². The van der Waals surface area contributed by atoms with Crippen LogP contribution in [0.4, 0.5) is 5.69 Å². The van der Waals surface area contributed by atoms with Crippen LogP contribution in [0.5, 0.6) is 0 Å². The summed E-state index contributed by atoms with van der Waals surface area (Å²) in [5, 5.41) is 3.54. The Balaban J connectivity index is 2.07. The predicted molar refractivity (Wildman–Crippen MR) is 77.6 cm³/mol. The Kier molecular flexibility index (Phi) is 4.53. The molecule has 0 spiro atoms. The molecule has 1 heterocycles. The van der Waals surface area contributed by atoms with E-state index in [1.807, 2.05) is 0 Å². The minimum atomic E-state index is -3.37. The van der Waals surface area contributed by atoms with E-state index in [2.05, 4.69) is 26.0 Å². The van der Waals surface area contributed by atoms with Crippen LogP contribution in [0.2, 0.25) is 5.02 Å². The highest BCUT2D eigenvalue weighted by Gasteiger charge is 2.22. The van der Waals surface area contributed by atoms with Crippen molar-refractivity contribution in [3.63, 3.8) is 0 Å². The maximum atomic E-state index is 12.0. The zero-order valence-corrected chi connectivity index (χ0v) is 12.8. The Morgan fingerprint density at radius 1 is 1.50 bits per heavy atom. The van der Waals surface area contributed by atoms with Gasteiger partial charge in [-0.3, -0.25) is 4.72 Å². The van der Waals surface area contributed by atoms with E-state index in [1.165, 1.54) is 0 Å². The number of nitrogens with one attached hydrogen (secondary N) is 2. The summed E-state index contributed by atoms with van der Waals surface area (Å²) in [5.41, 5.74) is 0.415. The Labute approximate surface area is 120 Å². The number of hydrogen-bond donors (Lipinski definition) is 2. The van der Waals surface area contributed by atoms with Gasteiger partial charge in [-0.2, -0.15) is 0 Å². The lowest BCUT2D eigenvalue weighted by atomic mass is 10.3. The van der Waals surface area contributed by atoms with Gasteiger partial charge in [-0.25, -0.2) is 8.42 Å². The Bertz CT molecular complexity index is 530. The molecule has 1 atom stereocenters. The highest BCUT2D eigenvalue weighted by Crippen LogP contribution is 2.26. The van der Waals surface area contributed by atoms with Crippen LogP contribution in [-0.2, 0) is 10.0 Å². The maximum Gasteiger partial charge on any atom is 0.234 e. The molecule has 0 aliphatic carbocycles. The number of halogens is 2. The third-order valence-electron chi connectivity index (χ3n) is 2.78. The first-order chi connectivity index (χ1) is 8.46. The standard InChI is InChI=1S/C11H14BrClN2O2S/c12-8-3-4-11(10(13)6-8)15-18(16,17)7-9-2-1-5-14-9/h3-4,6,9,14-15H,1-2,5,7H2. The van der Waals surface area contributed by atoms with Crippen molar-refractivity contribution >= 4 is 43.2 Å². The van der Waals surface area contributed by atoms with E-state index >= 15 is 0 Å². The van der Waals surface area contributed by atoms with Crippen molar-refractivity contribution in [3.8, 4) is 0 Å². The minimum absolute atomic E-state index is 0.0386. The van der Waals surface area contributed by atoms with Gasteiger partial charge in [-0.05, 0) is 37.6 Å². The molecule has 1 saturated heterocycles. The molecule has 100 valence electrons. The van der Waals surface area contributed by atoms with E-state index in [-0.39, 0.29) is 11.8 Å². The first kappa shape index (κ1) is 14.1. The second-order valence-electron chi connectivity index (χ2n) is 4.30. The minimum Gasteiger partial charge on any atom is -0.313 e. The molecule has 18 heavy (non-hydrogen) atoms. The zero-order chi connectivity index (χ0) is 13.2. The average Bonchev–Trinajstić information content (AvgIpc) is 2.74. The molecule has 0 bridgehead atoms. The summed E-state index contributed by atoms with van der Waals surface area (Å²) in [4.78, 5) is 0. The van der Waals surface area contributed by atoms with E-state index in [0.29, 0.717) is 10.7 Å². The first-order valence-corrected chi connectivity index (χ1v) is 8.47. The van der Waals surface area contributed by atoms with Gasteiger partial charge in [0.1, 0.15) is 0 Å². The van der Waals surface area contributed by atoms with E-state index < -0.39 is 10.0 Å². The molecular formula is C11H14BrClN2O2S. The number of sulfonamides is 1. The van der Waals surface area contributed by atoms with Gasteiger partial charge >= 0.3 is 0 Å². The maximum absolute atomic E-state index is 12.0. The summed E-state index contributed by atoms with van der Waals surface area (Å²) in [6.45, 7) is 0.888. The summed E-state index contributed by atoms with van der Waals surface area (Å²) in [6.07, 6.45) is 1.92. The molecule has 1 aromatic carbocycles. The molecule has 0 aromatic heterocycles. The van der Waals surface area contributed by atoms with Crippen molar-refractivity contribution in [2.75, 3.05) is 17.0 Å². The smallest absolute Gasteiger partial charge is 0.234 e. The van der Waals surface area contributed by atoms with Gasteiger partial charge < -0.3 is 5.32 Å². The average molecular weight is 354 g/mol. The van der Waals surface area contributed by atoms with E-state index in [0.717, 1.165) is 23.9 Å². The molecule has 2 N–H and O–H groups in total. The molecule has 1 aromatic rings. The third-order valence-corrected chi connectivity index (χ3v) is 4.96. The van der Waals surface area contributed by atoms with E-state index in [4.69, 9.17) is 11.6 Å². The zero-order valence-electron chi connectivity index (χ0n) is 9.62. The third kappa shape index (κ3) is 3.85. The molecule has 2 rings (SSSR count). The highest BCUT2D eigenvalue weighted by atomic mass is 79.9. The van der Waals surface area contributed by atoms with Crippen LogP contribution in [0.1, 0.15) is 12.8 Å². The number of anilines is 1. The van der Waals surface area contributed by atoms with Gasteiger partial charge in [0, 0.05) is 10.5 Å². The van der Waals surface area contributed by atoms with Crippen molar-refractivity contribution in [1.82, 2.24) is 5.32 Å². The molecule has 0 radical (unpaired) electrons. The summed E-state index contributed by atoms with van der Waals surface area (Å²) in [7, 11) is -3.37. The number of benzene rings is 1. The van der Waals surface area contributed by atoms with Gasteiger partial charge in [-0.1, -0.05) is 27.5 Å². The summed E-state index contributed by atoms with van der Waals surface area (Å²) >= 11 is 9.25. The predicted octanol–water partition coefficient (Wildman–Crippen LogP) is 2.60. The lowest BCUT2D eigenvalue weighted by Gasteiger charge is -2.13. The first-order valence-electron chi connectivity index (χ1n) is 5.65. The van der Waals surface area contributed by atoms with Crippen LogP contribution in [0, 0.1) is 0 Å². The number of rotatable bonds is 4. The molecule has 4 nitrogen and oxygen atoms in total. The lowest BCUT2D eigenvalue weighted by molar-refractivity contribution is 0.582. The number of hydrogen-bond acceptors (Lipinski definition) is 3. The normalized spacial score (nSPS) is 20.0. The Hall–Kier alpha value is -0.300. The lowest BCUT2D eigenvalue weighted by Crippen LogP contribution is -2.32. The van der Waals surface area contributed by atoms with Crippen molar-refractivity contribution in [1.29, 1.82) is 0 Å². The fourth-order valence-corrected chi connectivity index (χ4v) is 4.13. The van der Waals surface area contributed by atoms with Gasteiger partial charge in [0.15, 0.2) is 0 Å². The quantitative estimate of drug-likeness (QED) is 0.875. The van der Waals surface area contributed by atoms with Crippen LogP contribution in [-0.4, -0.2) is 26.8 Å². The van der Waals surface area contributed by atoms with Gasteiger partial charge in [0.2, 0.25) is 10.0 Å². The van der Waals surface area contributed by atoms with Crippen LogP contribution >= 0.6 is 27.5 Å². The molecule has 1 fully saturated rings. The molecule has 0 amide bonds. The monoisotopic (exact) mass is 352 g/mol. The largest absolute Gasteiger partial charge is 0.313 e. The van der Waals surface area contributed by atoms with Gasteiger partial charge in [0.25, 0.3) is 0 Å². The van der Waals surface area contributed by atoms with Crippen LogP contribution < -0.4 is 10.0 Å². The van der Waals surface area contributed by atoms with E-state index in [9.17, 15) is 8.42 Å². The van der Waals surface area contributed by atoms with Crippen molar-refractivity contribution in [2.45, 2.75) is 18.9 Å². The molecule has 7 heteroatoms. The van der Waals surface area contributed by atoms with Crippen molar-refractivity contribution in [3.05, 3.63) is 27.7 Å². The topological polar surface area (TPSA) is 58.2 Å². The second-order valence-corrected chi connectivity index (χ2v) is 7.39. The molecule has 1 aliphatic rings. The Morgan fingerprint density at radius 2 is 2.28 bits per heavy atom. The Morgan fingerprint density at radius 3 is 2.89 bits per heavy atom. The van der Waals surface area contributed by atoms with Gasteiger partial charge in [0.05, 0.1) is 16.5 Å². The molecule has 1 unspecified atom stereocenters. The van der Waals surface area contributed by atoms with E-state index in [1.54, 1.807) is 18.2 Å². The summed E-state index contributed by atoms with van der Waals surface area (Å²) < 4.78 is 27.3. The van der Waals surface area contributed by atoms with Crippen LogP contribution in [0.25, 0.3) is 0 Å². The summed E-state index contributed by atoms with van der Waals surface area (Å²) in [6, 6.07) is 5.09. The highest BCUT2D eigenvalue weighted by molar-refractivity contribution is 9.10. The van der Waals surface area contributed by atoms with Gasteiger partial charge in [-0.15, -0.1) is 0 Å². The molecule has 1 aliphatic heterocycles.